The fourth-order valence-corrected chi connectivity index (χ4v) is 6.11. The van der Waals surface area contributed by atoms with Gasteiger partial charge >= 0.3 is 0 Å². The van der Waals surface area contributed by atoms with Crippen molar-refractivity contribution < 1.29 is 8.42 Å². The van der Waals surface area contributed by atoms with E-state index in [0.29, 0.717) is 23.7 Å². The van der Waals surface area contributed by atoms with Gasteiger partial charge in [-0.1, -0.05) is 44.2 Å². The highest BCUT2D eigenvalue weighted by molar-refractivity contribution is 7.89. The van der Waals surface area contributed by atoms with E-state index in [9.17, 15) is 8.42 Å². The molecule has 2 fully saturated rings. The Labute approximate surface area is 171 Å². The summed E-state index contributed by atoms with van der Waals surface area (Å²) in [4.78, 5) is 0.178. The molecular formula is C20H30N6O2S. The van der Waals surface area contributed by atoms with E-state index in [2.05, 4.69) is 26.7 Å². The van der Waals surface area contributed by atoms with E-state index in [1.165, 1.54) is 19.3 Å². The number of sulfonamides is 1. The summed E-state index contributed by atoms with van der Waals surface area (Å²) in [5.41, 5.74) is 8.32. The zero-order chi connectivity index (χ0) is 20.4. The van der Waals surface area contributed by atoms with Crippen LogP contribution in [0.4, 0.5) is 0 Å². The number of rotatable bonds is 5. The molecule has 0 amide bonds. The van der Waals surface area contributed by atoms with E-state index in [4.69, 9.17) is 10.9 Å². The van der Waals surface area contributed by atoms with Crippen molar-refractivity contribution in [2.24, 2.45) is 16.8 Å². The molecule has 5 N–H and O–H groups in total. The number of tetrazole rings is 1. The van der Waals surface area contributed by atoms with Gasteiger partial charge in [0.1, 0.15) is 0 Å². The predicted octanol–water partition coefficient (Wildman–Crippen LogP) is 2.62. The fraction of sp³-hybridized carbons (Fsp3) is 0.650. The van der Waals surface area contributed by atoms with Crippen molar-refractivity contribution in [1.29, 1.82) is 0 Å². The Hall–Kier alpha value is -1.84. The topological polar surface area (TPSA) is 141 Å². The number of nitrogens with zero attached hydrogens (tertiary/aromatic N) is 3. The standard InChI is InChI=1S/C20H30N6O2S/c21-16-9-6-14(7-10-16)17-11-8-15(12-13-4-2-1-3-5-13)19(29(22,27)28)18(17)20-23-25-26-24-20/h8,11,13-14,16H,1-7,9-10,12,21H2,(H2,22,27,28)(H,23,24,25,26). The highest BCUT2D eigenvalue weighted by atomic mass is 32.2. The number of hydrogen-bond acceptors (Lipinski definition) is 6. The van der Waals surface area contributed by atoms with Gasteiger partial charge in [0.2, 0.25) is 15.8 Å². The normalized spacial score (nSPS) is 23.9. The molecule has 0 unspecified atom stereocenters. The average Bonchev–Trinajstić information content (AvgIpc) is 3.23. The molecule has 0 saturated heterocycles. The molecule has 2 aromatic rings. The lowest BCUT2D eigenvalue weighted by molar-refractivity contribution is 0.355. The van der Waals surface area contributed by atoms with Crippen molar-refractivity contribution >= 4 is 10.0 Å². The molecule has 0 radical (unpaired) electrons. The summed E-state index contributed by atoms with van der Waals surface area (Å²) in [6, 6.07) is 4.23. The van der Waals surface area contributed by atoms with Crippen LogP contribution in [0.1, 0.15) is 74.8 Å². The van der Waals surface area contributed by atoms with Crippen molar-refractivity contribution in [2.75, 3.05) is 0 Å². The maximum Gasteiger partial charge on any atom is 0.239 e. The second-order valence-electron chi connectivity index (χ2n) is 8.62. The van der Waals surface area contributed by atoms with Gasteiger partial charge in [0.15, 0.2) is 0 Å². The third-order valence-electron chi connectivity index (χ3n) is 6.57. The number of nitrogens with two attached hydrogens (primary N) is 2. The Balaban J connectivity index is 1.82. The van der Waals surface area contributed by atoms with E-state index in [-0.39, 0.29) is 16.9 Å². The first-order valence-electron chi connectivity index (χ1n) is 10.6. The van der Waals surface area contributed by atoms with Crippen LogP contribution in [0.15, 0.2) is 17.0 Å². The zero-order valence-corrected chi connectivity index (χ0v) is 17.5. The fourth-order valence-electron chi connectivity index (χ4n) is 5.10. The largest absolute Gasteiger partial charge is 0.328 e. The summed E-state index contributed by atoms with van der Waals surface area (Å²) in [5.74, 6) is 0.998. The monoisotopic (exact) mass is 418 g/mol. The molecule has 4 rings (SSSR count). The maximum absolute atomic E-state index is 12.8. The number of benzene rings is 1. The van der Waals surface area contributed by atoms with Gasteiger partial charge in [-0.15, -0.1) is 10.2 Å². The van der Waals surface area contributed by atoms with Gasteiger partial charge in [-0.3, -0.25) is 0 Å². The van der Waals surface area contributed by atoms with E-state index < -0.39 is 10.0 Å². The molecule has 1 aromatic heterocycles. The van der Waals surface area contributed by atoms with Crippen molar-refractivity contribution in [2.45, 2.75) is 81.1 Å². The van der Waals surface area contributed by atoms with Gasteiger partial charge in [0.25, 0.3) is 0 Å². The molecule has 29 heavy (non-hydrogen) atoms. The van der Waals surface area contributed by atoms with Crippen molar-refractivity contribution in [3.05, 3.63) is 23.3 Å². The molecule has 158 valence electrons. The van der Waals surface area contributed by atoms with Gasteiger partial charge in [0, 0.05) is 11.6 Å². The number of H-pyrrole nitrogens is 1. The maximum atomic E-state index is 12.8. The quantitative estimate of drug-likeness (QED) is 0.681. The van der Waals surface area contributed by atoms with Crippen molar-refractivity contribution in [3.63, 3.8) is 0 Å². The molecule has 9 heteroatoms. The van der Waals surface area contributed by atoms with Gasteiger partial charge in [-0.05, 0) is 60.3 Å². The number of aromatic amines is 1. The van der Waals surface area contributed by atoms with E-state index in [1.54, 1.807) is 0 Å². The van der Waals surface area contributed by atoms with Gasteiger partial charge in [0.05, 0.1) is 4.90 Å². The second-order valence-corrected chi connectivity index (χ2v) is 10.1. The van der Waals surface area contributed by atoms with Crippen LogP contribution >= 0.6 is 0 Å². The zero-order valence-electron chi connectivity index (χ0n) is 16.7. The summed E-state index contributed by atoms with van der Waals surface area (Å²) < 4.78 is 25.5. The first-order valence-corrected chi connectivity index (χ1v) is 12.2. The van der Waals surface area contributed by atoms with E-state index in [1.807, 2.05) is 6.07 Å². The lowest BCUT2D eigenvalue weighted by Gasteiger charge is -2.29. The molecule has 1 aromatic carbocycles. The third kappa shape index (κ3) is 4.51. The van der Waals surface area contributed by atoms with Crippen LogP contribution < -0.4 is 10.9 Å². The minimum absolute atomic E-state index is 0.178. The summed E-state index contributed by atoms with van der Waals surface area (Å²) in [6.07, 6.45) is 10.3. The lowest BCUT2D eigenvalue weighted by atomic mass is 9.79. The highest BCUT2D eigenvalue weighted by Gasteiger charge is 2.31. The van der Waals surface area contributed by atoms with Crippen molar-refractivity contribution in [1.82, 2.24) is 20.6 Å². The van der Waals surface area contributed by atoms with Gasteiger partial charge in [-0.2, -0.15) is 5.21 Å². The summed E-state index contributed by atoms with van der Waals surface area (Å²) in [5, 5.41) is 20.1. The molecule has 2 saturated carbocycles. The van der Waals surface area contributed by atoms with Crippen LogP contribution in [0.2, 0.25) is 0 Å². The Morgan fingerprint density at radius 3 is 2.38 bits per heavy atom. The van der Waals surface area contributed by atoms with Crippen LogP contribution in [0, 0.1) is 5.92 Å². The lowest BCUT2D eigenvalue weighted by Crippen LogP contribution is -2.26. The van der Waals surface area contributed by atoms with Gasteiger partial charge in [-0.25, -0.2) is 13.6 Å². The van der Waals surface area contributed by atoms with E-state index >= 15 is 0 Å². The van der Waals surface area contributed by atoms with Crippen LogP contribution in [0.5, 0.6) is 0 Å². The van der Waals surface area contributed by atoms with Crippen LogP contribution in [-0.4, -0.2) is 35.1 Å². The molecule has 0 aliphatic heterocycles. The van der Waals surface area contributed by atoms with Crippen LogP contribution in [-0.2, 0) is 16.4 Å². The third-order valence-corrected chi connectivity index (χ3v) is 7.61. The molecule has 2 aliphatic rings. The minimum Gasteiger partial charge on any atom is -0.328 e. The SMILES string of the molecule is NC1CCC(c2ccc(CC3CCCCC3)c(S(N)(=O)=O)c2-c2nn[nH]n2)CC1. The number of nitrogens with one attached hydrogen (secondary N) is 1. The molecular weight excluding hydrogens is 388 g/mol. The summed E-state index contributed by atoms with van der Waals surface area (Å²) in [7, 11) is -3.96. The predicted molar refractivity (Wildman–Crippen MR) is 110 cm³/mol. The first kappa shape index (κ1) is 20.4. The molecule has 8 nitrogen and oxygen atoms in total. The van der Waals surface area contributed by atoms with Crippen LogP contribution in [0.3, 0.4) is 0 Å². The van der Waals surface area contributed by atoms with E-state index in [0.717, 1.165) is 49.7 Å². The first-order chi connectivity index (χ1) is 13.9. The van der Waals surface area contributed by atoms with Crippen molar-refractivity contribution in [3.8, 4) is 11.4 Å². The molecule has 0 spiro atoms. The average molecular weight is 419 g/mol. The number of primary sulfonamides is 1. The number of aromatic nitrogens is 4. The molecule has 0 bridgehead atoms. The Morgan fingerprint density at radius 1 is 1.03 bits per heavy atom. The Bertz CT molecular complexity index is 930. The molecule has 2 aliphatic carbocycles. The van der Waals surface area contributed by atoms with Gasteiger partial charge < -0.3 is 5.73 Å². The Morgan fingerprint density at radius 2 is 1.76 bits per heavy atom. The summed E-state index contributed by atoms with van der Waals surface area (Å²) in [6.45, 7) is 0. The second kappa shape index (κ2) is 8.49. The number of hydrogen-bond donors (Lipinski definition) is 3. The molecule has 1 heterocycles. The summed E-state index contributed by atoms with van der Waals surface area (Å²) >= 11 is 0. The smallest absolute Gasteiger partial charge is 0.239 e. The van der Waals surface area contributed by atoms with Crippen LogP contribution in [0.25, 0.3) is 11.4 Å². The molecule has 0 atom stereocenters. The highest BCUT2D eigenvalue weighted by Crippen LogP contribution is 2.41. The minimum atomic E-state index is -3.96. The Kier molecular flexibility index (Phi) is 5.98.